The zero-order chi connectivity index (χ0) is 14.2. The van der Waals surface area contributed by atoms with Gasteiger partial charge in [-0.2, -0.15) is 0 Å². The number of amides is 1. The van der Waals surface area contributed by atoms with E-state index in [0.29, 0.717) is 24.7 Å². The van der Waals surface area contributed by atoms with Gasteiger partial charge >= 0.3 is 0 Å². The quantitative estimate of drug-likeness (QED) is 0.845. The van der Waals surface area contributed by atoms with Gasteiger partial charge in [0.2, 0.25) is 5.91 Å². The summed E-state index contributed by atoms with van der Waals surface area (Å²) in [6.07, 6.45) is 2.57. The largest absolute Gasteiger partial charge is 0.491 e. The fourth-order valence-corrected chi connectivity index (χ4v) is 3.19. The van der Waals surface area contributed by atoms with E-state index in [1.165, 1.54) is 0 Å². The van der Waals surface area contributed by atoms with E-state index >= 15 is 0 Å². The first-order valence-corrected chi connectivity index (χ1v) is 7.34. The van der Waals surface area contributed by atoms with Crippen LogP contribution in [0.2, 0.25) is 0 Å². The number of rotatable bonds is 2. The summed E-state index contributed by atoms with van der Waals surface area (Å²) in [4.78, 5) is 15.0. The molecule has 0 aromatic heterocycles. The van der Waals surface area contributed by atoms with Crippen molar-refractivity contribution in [3.8, 4) is 5.75 Å². The predicted molar refractivity (Wildman–Crippen MR) is 80.4 cm³/mol. The molecule has 0 bridgehead atoms. The van der Waals surface area contributed by atoms with Gasteiger partial charge in [-0.25, -0.2) is 0 Å². The van der Waals surface area contributed by atoms with Crippen LogP contribution in [0.3, 0.4) is 0 Å². The van der Waals surface area contributed by atoms with Crippen LogP contribution in [0.5, 0.6) is 5.75 Å². The minimum absolute atomic E-state index is 0.0663. The summed E-state index contributed by atoms with van der Waals surface area (Å²) in [6.45, 7) is 1.66. The molecule has 2 N–H and O–H groups in total. The van der Waals surface area contributed by atoms with Gasteiger partial charge in [0, 0.05) is 12.1 Å². The second-order valence-corrected chi connectivity index (χ2v) is 5.92. The minimum Gasteiger partial charge on any atom is -0.491 e. The van der Waals surface area contributed by atoms with Gasteiger partial charge < -0.3 is 15.4 Å². The topological polar surface area (TPSA) is 55.6 Å². The van der Waals surface area contributed by atoms with Crippen LogP contribution < -0.4 is 10.5 Å². The summed E-state index contributed by atoms with van der Waals surface area (Å²) in [5, 5.41) is 0. The molecule has 5 heteroatoms. The molecule has 1 saturated carbocycles. The maximum absolute atomic E-state index is 12.8. The van der Waals surface area contributed by atoms with Gasteiger partial charge in [0.25, 0.3) is 0 Å². The van der Waals surface area contributed by atoms with E-state index < -0.39 is 5.41 Å². The number of nitrogens with zero attached hydrogens (tertiary/aromatic N) is 1. The Morgan fingerprint density at radius 1 is 1.35 bits per heavy atom. The summed E-state index contributed by atoms with van der Waals surface area (Å²) >= 11 is 5.14. The molecule has 20 heavy (non-hydrogen) atoms. The molecule has 0 radical (unpaired) electrons. The van der Waals surface area contributed by atoms with Crippen molar-refractivity contribution in [2.45, 2.75) is 25.8 Å². The smallest absolute Gasteiger partial charge is 0.236 e. The SMILES string of the molecule is NC(=S)C1(C(=O)N2CCOc3ccccc3C2)CCC1. The van der Waals surface area contributed by atoms with Crippen LogP contribution in [0, 0.1) is 5.41 Å². The van der Waals surface area contributed by atoms with Crippen molar-refractivity contribution in [3.05, 3.63) is 29.8 Å². The zero-order valence-electron chi connectivity index (χ0n) is 11.3. The lowest BCUT2D eigenvalue weighted by atomic mass is 9.67. The second kappa shape index (κ2) is 5.05. The molecule has 106 valence electrons. The van der Waals surface area contributed by atoms with E-state index in [4.69, 9.17) is 22.7 Å². The third-order valence-corrected chi connectivity index (χ3v) is 4.72. The number of hydrogen-bond donors (Lipinski definition) is 1. The summed E-state index contributed by atoms with van der Waals surface area (Å²) in [5.74, 6) is 0.928. The summed E-state index contributed by atoms with van der Waals surface area (Å²) < 4.78 is 5.70. The van der Waals surface area contributed by atoms with Crippen molar-refractivity contribution in [3.63, 3.8) is 0 Å². The molecular weight excluding hydrogens is 272 g/mol. The van der Waals surface area contributed by atoms with Crippen LogP contribution in [-0.2, 0) is 11.3 Å². The van der Waals surface area contributed by atoms with E-state index in [1.807, 2.05) is 29.2 Å². The highest BCUT2D eigenvalue weighted by molar-refractivity contribution is 7.80. The molecule has 1 fully saturated rings. The Bertz CT molecular complexity index is 555. The van der Waals surface area contributed by atoms with Gasteiger partial charge in [-0.1, -0.05) is 36.8 Å². The number of para-hydroxylation sites is 1. The zero-order valence-corrected chi connectivity index (χ0v) is 12.1. The number of carbonyl (C=O) groups excluding carboxylic acids is 1. The van der Waals surface area contributed by atoms with Crippen molar-refractivity contribution < 1.29 is 9.53 Å². The van der Waals surface area contributed by atoms with Crippen molar-refractivity contribution in [1.29, 1.82) is 0 Å². The normalized spacial score (nSPS) is 20.1. The van der Waals surface area contributed by atoms with Crippen LogP contribution in [0.4, 0.5) is 0 Å². The molecule has 0 spiro atoms. The fraction of sp³-hybridized carbons (Fsp3) is 0.467. The van der Waals surface area contributed by atoms with Crippen molar-refractivity contribution in [2.75, 3.05) is 13.2 Å². The maximum atomic E-state index is 12.8. The first kappa shape index (κ1) is 13.4. The molecule has 1 heterocycles. The van der Waals surface area contributed by atoms with Gasteiger partial charge in [0.05, 0.1) is 16.9 Å². The second-order valence-electron chi connectivity index (χ2n) is 5.48. The van der Waals surface area contributed by atoms with E-state index in [1.54, 1.807) is 0 Å². The van der Waals surface area contributed by atoms with Crippen LogP contribution in [0.1, 0.15) is 24.8 Å². The molecular formula is C15H18N2O2S. The van der Waals surface area contributed by atoms with Crippen LogP contribution in [-0.4, -0.2) is 28.9 Å². The van der Waals surface area contributed by atoms with Crippen molar-refractivity contribution in [2.24, 2.45) is 11.1 Å². The van der Waals surface area contributed by atoms with Gasteiger partial charge in [0.15, 0.2) is 0 Å². The molecule has 1 aromatic carbocycles. The Kier molecular flexibility index (Phi) is 3.38. The molecule has 1 aliphatic carbocycles. The molecule has 3 rings (SSSR count). The average Bonchev–Trinajstić information content (AvgIpc) is 2.58. The number of nitrogens with two attached hydrogens (primary N) is 1. The molecule has 2 aliphatic rings. The highest BCUT2D eigenvalue weighted by Crippen LogP contribution is 2.43. The monoisotopic (exact) mass is 290 g/mol. The van der Waals surface area contributed by atoms with Gasteiger partial charge in [-0.15, -0.1) is 0 Å². The molecule has 1 aromatic rings. The fourth-order valence-electron chi connectivity index (χ4n) is 2.90. The lowest BCUT2D eigenvalue weighted by Gasteiger charge is -2.42. The lowest BCUT2D eigenvalue weighted by molar-refractivity contribution is -0.142. The Labute approximate surface area is 123 Å². The predicted octanol–water partition coefficient (Wildman–Crippen LogP) is 1.86. The highest BCUT2D eigenvalue weighted by atomic mass is 32.1. The third kappa shape index (κ3) is 2.06. The third-order valence-electron chi connectivity index (χ3n) is 4.33. The first-order chi connectivity index (χ1) is 9.63. The van der Waals surface area contributed by atoms with Gasteiger partial charge in [0.1, 0.15) is 12.4 Å². The minimum atomic E-state index is -0.603. The molecule has 0 unspecified atom stereocenters. The lowest BCUT2D eigenvalue weighted by Crippen LogP contribution is -2.54. The molecule has 0 saturated heterocycles. The number of ether oxygens (including phenoxy) is 1. The number of carbonyl (C=O) groups is 1. The number of fused-ring (bicyclic) bond motifs is 1. The number of thiocarbonyl (C=S) groups is 1. The van der Waals surface area contributed by atoms with Crippen LogP contribution in [0.15, 0.2) is 24.3 Å². The molecule has 1 aliphatic heterocycles. The standard InChI is InChI=1S/C15H18N2O2S/c16-13(20)15(6-3-7-15)14(18)17-8-9-19-12-5-2-1-4-11(12)10-17/h1-2,4-5H,3,6-10H2,(H2,16,20). The Balaban J connectivity index is 1.84. The maximum Gasteiger partial charge on any atom is 0.236 e. The summed E-state index contributed by atoms with van der Waals surface area (Å²) in [6, 6.07) is 7.84. The molecule has 1 amide bonds. The van der Waals surface area contributed by atoms with Crippen LogP contribution in [0.25, 0.3) is 0 Å². The highest BCUT2D eigenvalue weighted by Gasteiger charge is 2.49. The van der Waals surface area contributed by atoms with Crippen molar-refractivity contribution in [1.82, 2.24) is 4.90 Å². The van der Waals surface area contributed by atoms with E-state index in [0.717, 1.165) is 30.6 Å². The Morgan fingerprint density at radius 3 is 2.75 bits per heavy atom. The number of benzene rings is 1. The molecule has 0 atom stereocenters. The molecule has 4 nitrogen and oxygen atoms in total. The van der Waals surface area contributed by atoms with Gasteiger partial charge in [-0.05, 0) is 18.9 Å². The average molecular weight is 290 g/mol. The summed E-state index contributed by atoms with van der Waals surface area (Å²) in [7, 11) is 0. The Hall–Kier alpha value is -1.62. The first-order valence-electron chi connectivity index (χ1n) is 6.93. The van der Waals surface area contributed by atoms with E-state index in [9.17, 15) is 4.79 Å². The van der Waals surface area contributed by atoms with Crippen molar-refractivity contribution >= 4 is 23.1 Å². The van der Waals surface area contributed by atoms with Crippen LogP contribution >= 0.6 is 12.2 Å². The van der Waals surface area contributed by atoms with Gasteiger partial charge in [-0.3, -0.25) is 4.79 Å². The number of hydrogen-bond acceptors (Lipinski definition) is 3. The van der Waals surface area contributed by atoms with E-state index in [-0.39, 0.29) is 5.91 Å². The van der Waals surface area contributed by atoms with E-state index in [2.05, 4.69) is 0 Å². The Morgan fingerprint density at radius 2 is 2.10 bits per heavy atom. The summed E-state index contributed by atoms with van der Waals surface area (Å²) in [5.41, 5.74) is 6.26.